The summed E-state index contributed by atoms with van der Waals surface area (Å²) in [6, 6.07) is 7.20. The van der Waals surface area contributed by atoms with Gasteiger partial charge in [-0.25, -0.2) is 24.3 Å². The first-order chi connectivity index (χ1) is 17.0. The minimum absolute atomic E-state index is 0.140. The van der Waals surface area contributed by atoms with E-state index in [1.54, 1.807) is 19.1 Å². The Hall–Kier alpha value is -3.17. The fraction of sp³-hybridized carbons (Fsp3) is 0.400. The van der Waals surface area contributed by atoms with Gasteiger partial charge in [0.1, 0.15) is 28.5 Å². The second kappa shape index (κ2) is 10.2. The summed E-state index contributed by atoms with van der Waals surface area (Å²) in [5, 5.41) is 4.41. The Morgan fingerprint density at radius 1 is 1.09 bits per heavy atom. The van der Waals surface area contributed by atoms with E-state index in [0.29, 0.717) is 58.1 Å². The summed E-state index contributed by atoms with van der Waals surface area (Å²) in [6.07, 6.45) is 8.13. The van der Waals surface area contributed by atoms with Crippen molar-refractivity contribution in [2.45, 2.75) is 44.6 Å². The summed E-state index contributed by atoms with van der Waals surface area (Å²) >= 11 is 5.91. The van der Waals surface area contributed by atoms with E-state index in [9.17, 15) is 4.39 Å². The van der Waals surface area contributed by atoms with Gasteiger partial charge in [0.2, 0.25) is 5.88 Å². The third kappa shape index (κ3) is 5.26. The van der Waals surface area contributed by atoms with E-state index in [0.717, 1.165) is 18.9 Å². The number of hydrogen-bond acceptors (Lipinski definition) is 7. The highest BCUT2D eigenvalue weighted by Crippen LogP contribution is 2.34. The molecular formula is C25H26ClFN6O2. The molecule has 0 atom stereocenters. The fourth-order valence-electron chi connectivity index (χ4n) is 4.07. The van der Waals surface area contributed by atoms with Gasteiger partial charge in [-0.15, -0.1) is 0 Å². The Kier molecular flexibility index (Phi) is 6.88. The van der Waals surface area contributed by atoms with Crippen molar-refractivity contribution in [3.05, 3.63) is 59.0 Å². The van der Waals surface area contributed by atoms with Crippen LogP contribution >= 0.6 is 11.6 Å². The van der Waals surface area contributed by atoms with Crippen LogP contribution in [-0.2, 0) is 4.74 Å². The van der Waals surface area contributed by atoms with Crippen molar-refractivity contribution in [1.82, 2.24) is 29.7 Å². The zero-order chi connectivity index (χ0) is 24.4. The van der Waals surface area contributed by atoms with E-state index >= 15 is 0 Å². The van der Waals surface area contributed by atoms with Gasteiger partial charge in [0, 0.05) is 42.1 Å². The highest BCUT2D eigenvalue weighted by molar-refractivity contribution is 6.30. The minimum atomic E-state index is -0.471. The highest BCUT2D eigenvalue weighted by Gasteiger charge is 2.24. The molecule has 0 spiro atoms. The Balaban J connectivity index is 0.000000265. The maximum absolute atomic E-state index is 14.7. The number of fused-ring (bicyclic) bond motifs is 1. The molecular weight excluding hydrogens is 471 g/mol. The monoisotopic (exact) mass is 496 g/mol. The predicted octanol–water partition coefficient (Wildman–Crippen LogP) is 5.31. The van der Waals surface area contributed by atoms with E-state index in [4.69, 9.17) is 21.1 Å². The van der Waals surface area contributed by atoms with E-state index < -0.39 is 5.82 Å². The standard InChI is InChI=1S/C19H18ClFN4O2.C6H8N2/c1-10-19(26-2)24-16-15(13-4-3-12(20)9-14(13)21)23-17(25-18(16)22-10)11-5-7-27-8-6-11;1-4-7-8(5-1)6-2-3-6/h3-4,9,11H,5-8H2,1-2H3;1,4-6H,2-3H2. The van der Waals surface area contributed by atoms with E-state index in [1.165, 1.54) is 26.0 Å². The third-order valence-corrected chi connectivity index (χ3v) is 6.33. The summed E-state index contributed by atoms with van der Waals surface area (Å²) in [4.78, 5) is 18.3. The molecule has 1 aliphatic carbocycles. The van der Waals surface area contributed by atoms with E-state index in [2.05, 4.69) is 25.0 Å². The molecule has 1 aliphatic heterocycles. The summed E-state index contributed by atoms with van der Waals surface area (Å²) in [6.45, 7) is 3.11. The Labute approximate surface area is 207 Å². The van der Waals surface area contributed by atoms with Gasteiger partial charge < -0.3 is 9.47 Å². The van der Waals surface area contributed by atoms with Crippen molar-refractivity contribution in [1.29, 1.82) is 0 Å². The van der Waals surface area contributed by atoms with Crippen molar-refractivity contribution in [3.8, 4) is 17.1 Å². The number of methoxy groups -OCH3 is 1. The van der Waals surface area contributed by atoms with Crippen LogP contribution in [0.2, 0.25) is 5.02 Å². The van der Waals surface area contributed by atoms with Gasteiger partial charge in [-0.05, 0) is 56.9 Å². The molecule has 6 rings (SSSR count). The van der Waals surface area contributed by atoms with Crippen LogP contribution in [-0.4, -0.2) is 50.0 Å². The van der Waals surface area contributed by atoms with Crippen molar-refractivity contribution >= 4 is 22.8 Å². The second-order valence-corrected chi connectivity index (χ2v) is 9.09. The maximum atomic E-state index is 14.7. The first-order valence-electron chi connectivity index (χ1n) is 11.7. The smallest absolute Gasteiger partial charge is 0.235 e. The van der Waals surface area contributed by atoms with Crippen molar-refractivity contribution < 1.29 is 13.9 Å². The van der Waals surface area contributed by atoms with Crippen LogP contribution in [0.4, 0.5) is 4.39 Å². The number of halogens is 2. The molecule has 35 heavy (non-hydrogen) atoms. The number of hydrogen-bond donors (Lipinski definition) is 0. The van der Waals surface area contributed by atoms with Gasteiger partial charge in [-0.2, -0.15) is 5.10 Å². The van der Waals surface area contributed by atoms with Gasteiger partial charge in [-0.1, -0.05) is 11.6 Å². The average Bonchev–Trinajstić information content (AvgIpc) is 3.57. The van der Waals surface area contributed by atoms with Crippen LogP contribution in [0, 0.1) is 12.7 Å². The quantitative estimate of drug-likeness (QED) is 0.378. The molecule has 10 heteroatoms. The van der Waals surface area contributed by atoms with Crippen LogP contribution in [0.3, 0.4) is 0 Å². The summed E-state index contributed by atoms with van der Waals surface area (Å²) in [7, 11) is 1.52. The van der Waals surface area contributed by atoms with Crippen molar-refractivity contribution in [2.75, 3.05) is 20.3 Å². The zero-order valence-electron chi connectivity index (χ0n) is 19.6. The third-order valence-electron chi connectivity index (χ3n) is 6.09. The van der Waals surface area contributed by atoms with Crippen molar-refractivity contribution in [3.63, 3.8) is 0 Å². The first kappa shape index (κ1) is 23.6. The number of rotatable bonds is 4. The normalized spacial score (nSPS) is 16.1. The molecule has 0 unspecified atom stereocenters. The molecule has 0 N–H and O–H groups in total. The SMILES string of the molecule is COc1nc2c(-c3ccc(Cl)cc3F)nc(C3CCOCC3)nc2nc1C.c1cnn(C2CC2)c1. The molecule has 2 fully saturated rings. The molecule has 1 saturated heterocycles. The highest BCUT2D eigenvalue weighted by atomic mass is 35.5. The predicted molar refractivity (Wildman–Crippen MR) is 130 cm³/mol. The summed E-state index contributed by atoms with van der Waals surface area (Å²) < 4.78 is 27.4. The van der Waals surface area contributed by atoms with Crippen LogP contribution in [0.15, 0.2) is 36.7 Å². The summed E-state index contributed by atoms with van der Waals surface area (Å²) in [5.41, 5.74) is 2.13. The van der Waals surface area contributed by atoms with Gasteiger partial charge in [-0.3, -0.25) is 4.68 Å². The van der Waals surface area contributed by atoms with E-state index in [-0.39, 0.29) is 5.92 Å². The molecule has 0 radical (unpaired) electrons. The fourth-order valence-corrected chi connectivity index (χ4v) is 4.23. The molecule has 0 amide bonds. The number of nitrogens with zero attached hydrogens (tertiary/aromatic N) is 6. The van der Waals surface area contributed by atoms with Crippen LogP contribution in [0.25, 0.3) is 22.4 Å². The number of benzene rings is 1. The molecule has 1 saturated carbocycles. The molecule has 3 aromatic heterocycles. The van der Waals surface area contributed by atoms with Crippen molar-refractivity contribution in [2.24, 2.45) is 0 Å². The van der Waals surface area contributed by atoms with Gasteiger partial charge >= 0.3 is 0 Å². The first-order valence-corrected chi connectivity index (χ1v) is 12.0. The lowest BCUT2D eigenvalue weighted by Gasteiger charge is -2.21. The number of aryl methyl sites for hydroxylation is 1. The Bertz CT molecular complexity index is 1320. The molecule has 0 bridgehead atoms. The van der Waals surface area contributed by atoms with E-state index in [1.807, 2.05) is 23.1 Å². The zero-order valence-corrected chi connectivity index (χ0v) is 20.4. The molecule has 4 aromatic rings. The minimum Gasteiger partial charge on any atom is -0.480 e. The number of ether oxygens (including phenoxy) is 2. The summed E-state index contributed by atoms with van der Waals surface area (Å²) in [5.74, 6) is 0.665. The molecule has 2 aliphatic rings. The van der Waals surface area contributed by atoms with Crippen LogP contribution in [0.5, 0.6) is 5.88 Å². The lowest BCUT2D eigenvalue weighted by molar-refractivity contribution is 0.0836. The van der Waals surface area contributed by atoms with Gasteiger partial charge in [0.25, 0.3) is 0 Å². The topological polar surface area (TPSA) is 87.8 Å². The van der Waals surface area contributed by atoms with Gasteiger partial charge in [0.15, 0.2) is 5.65 Å². The second-order valence-electron chi connectivity index (χ2n) is 8.65. The average molecular weight is 497 g/mol. The molecule has 182 valence electrons. The lowest BCUT2D eigenvalue weighted by atomic mass is 9.99. The van der Waals surface area contributed by atoms with Crippen LogP contribution in [0.1, 0.15) is 49.2 Å². The molecule has 4 heterocycles. The Morgan fingerprint density at radius 2 is 1.89 bits per heavy atom. The molecule has 1 aromatic carbocycles. The van der Waals surface area contributed by atoms with Crippen LogP contribution < -0.4 is 4.74 Å². The Morgan fingerprint density at radius 3 is 2.54 bits per heavy atom. The maximum Gasteiger partial charge on any atom is 0.235 e. The lowest BCUT2D eigenvalue weighted by Crippen LogP contribution is -2.17. The van der Waals surface area contributed by atoms with Gasteiger partial charge in [0.05, 0.1) is 13.2 Å². The largest absolute Gasteiger partial charge is 0.480 e. The number of aromatic nitrogens is 6. The molecule has 8 nitrogen and oxygen atoms in total.